The average Bonchev–Trinajstić information content (AvgIpc) is 2.71. The molecule has 0 unspecified atom stereocenters. The predicted molar refractivity (Wildman–Crippen MR) is 97.9 cm³/mol. The first kappa shape index (κ1) is 19.7. The molecule has 0 spiro atoms. The molecular weight excluding hydrogens is 352 g/mol. The lowest BCUT2D eigenvalue weighted by Gasteiger charge is -2.12. The van der Waals surface area contributed by atoms with E-state index in [-0.39, 0.29) is 6.54 Å². The second kappa shape index (κ2) is 9.76. The second-order valence-corrected chi connectivity index (χ2v) is 5.20. The van der Waals surface area contributed by atoms with Crippen molar-refractivity contribution in [2.24, 2.45) is 5.10 Å². The molecule has 0 aliphatic heterocycles. The minimum atomic E-state index is -0.882. The van der Waals surface area contributed by atoms with Crippen LogP contribution in [0.3, 0.4) is 0 Å². The topological polar surface area (TPSA) is 111 Å². The van der Waals surface area contributed by atoms with Gasteiger partial charge >= 0.3 is 11.8 Å². The monoisotopic (exact) mass is 372 g/mol. The molecule has 2 N–H and O–H groups in total. The maximum absolute atomic E-state index is 11.8. The molecule has 2 aromatic rings. The van der Waals surface area contributed by atoms with Gasteiger partial charge in [-0.3, -0.25) is 14.6 Å². The lowest BCUT2D eigenvalue weighted by atomic mass is 10.2. The van der Waals surface area contributed by atoms with Gasteiger partial charge in [-0.25, -0.2) is 5.43 Å². The van der Waals surface area contributed by atoms with Crippen molar-refractivity contribution in [1.29, 1.82) is 0 Å². The van der Waals surface area contributed by atoms with Gasteiger partial charge in [0.15, 0.2) is 11.5 Å². The Balaban J connectivity index is 1.95. The van der Waals surface area contributed by atoms with Crippen LogP contribution in [0.4, 0.5) is 0 Å². The number of amides is 2. The molecule has 2 amide bonds. The zero-order valence-corrected chi connectivity index (χ0v) is 15.2. The Morgan fingerprint density at radius 3 is 2.22 bits per heavy atom. The van der Waals surface area contributed by atoms with Gasteiger partial charge < -0.3 is 19.5 Å². The summed E-state index contributed by atoms with van der Waals surface area (Å²) in [7, 11) is 4.49. The van der Waals surface area contributed by atoms with E-state index in [2.05, 4.69) is 20.8 Å². The number of methoxy groups -OCH3 is 3. The van der Waals surface area contributed by atoms with Crippen LogP contribution in [0.25, 0.3) is 0 Å². The summed E-state index contributed by atoms with van der Waals surface area (Å²) in [6.07, 6.45) is 4.56. The molecule has 1 aromatic carbocycles. The Morgan fingerprint density at radius 1 is 1.04 bits per heavy atom. The number of aromatic nitrogens is 1. The number of rotatable bonds is 7. The molecule has 0 saturated heterocycles. The van der Waals surface area contributed by atoms with Gasteiger partial charge in [-0.05, 0) is 29.8 Å². The summed E-state index contributed by atoms with van der Waals surface area (Å²) in [5.74, 6) is -0.349. The summed E-state index contributed by atoms with van der Waals surface area (Å²) in [6, 6.07) is 6.78. The third kappa shape index (κ3) is 5.43. The number of ether oxygens (including phenoxy) is 3. The van der Waals surface area contributed by atoms with Crippen molar-refractivity contribution in [3.05, 3.63) is 47.8 Å². The van der Waals surface area contributed by atoms with Gasteiger partial charge in [-0.15, -0.1) is 0 Å². The predicted octanol–water partition coefficient (Wildman–Crippen LogP) is 0.874. The highest BCUT2D eigenvalue weighted by Crippen LogP contribution is 2.37. The van der Waals surface area contributed by atoms with E-state index in [1.165, 1.54) is 27.5 Å². The normalized spacial score (nSPS) is 10.3. The van der Waals surface area contributed by atoms with Crippen LogP contribution < -0.4 is 25.0 Å². The van der Waals surface area contributed by atoms with E-state index in [1.54, 1.807) is 36.7 Å². The average molecular weight is 372 g/mol. The molecule has 0 radical (unpaired) electrons. The minimum absolute atomic E-state index is 0.214. The van der Waals surface area contributed by atoms with Gasteiger partial charge in [0, 0.05) is 24.5 Å². The quantitative estimate of drug-likeness (QED) is 0.424. The van der Waals surface area contributed by atoms with Crippen LogP contribution in [0, 0.1) is 0 Å². The molecule has 27 heavy (non-hydrogen) atoms. The van der Waals surface area contributed by atoms with Crippen molar-refractivity contribution in [1.82, 2.24) is 15.7 Å². The molecular formula is C18H20N4O5. The van der Waals surface area contributed by atoms with Crippen LogP contribution in [0.2, 0.25) is 0 Å². The largest absolute Gasteiger partial charge is 0.493 e. The molecule has 0 aliphatic rings. The van der Waals surface area contributed by atoms with Crippen LogP contribution >= 0.6 is 0 Å². The first-order chi connectivity index (χ1) is 13.1. The highest BCUT2D eigenvalue weighted by atomic mass is 16.5. The summed E-state index contributed by atoms with van der Waals surface area (Å²) in [5, 5.41) is 6.27. The number of carbonyl (C=O) groups is 2. The lowest BCUT2D eigenvalue weighted by molar-refractivity contribution is -0.139. The molecule has 2 rings (SSSR count). The smallest absolute Gasteiger partial charge is 0.329 e. The van der Waals surface area contributed by atoms with E-state index in [0.717, 1.165) is 5.56 Å². The standard InChI is InChI=1S/C18H20N4O5/c1-25-14-8-13(9-15(26-2)16(14)27-3)11-21-22-18(24)17(23)20-10-12-4-6-19-7-5-12/h4-9,11H,10H2,1-3H3,(H,20,23)(H,22,24)/b21-11-. The van der Waals surface area contributed by atoms with Crippen molar-refractivity contribution in [3.63, 3.8) is 0 Å². The molecule has 0 saturated carbocycles. The number of benzene rings is 1. The summed E-state index contributed by atoms with van der Waals surface area (Å²) in [5.41, 5.74) is 3.58. The van der Waals surface area contributed by atoms with Crippen LogP contribution in [-0.4, -0.2) is 44.3 Å². The molecule has 0 bridgehead atoms. The molecule has 1 aromatic heterocycles. The Kier molecular flexibility index (Phi) is 7.12. The maximum Gasteiger partial charge on any atom is 0.329 e. The summed E-state index contributed by atoms with van der Waals surface area (Å²) >= 11 is 0. The van der Waals surface area contributed by atoms with Crippen LogP contribution in [0.5, 0.6) is 17.2 Å². The highest BCUT2D eigenvalue weighted by molar-refractivity contribution is 6.35. The zero-order valence-electron chi connectivity index (χ0n) is 15.2. The zero-order chi connectivity index (χ0) is 19.6. The number of hydrogen-bond acceptors (Lipinski definition) is 7. The minimum Gasteiger partial charge on any atom is -0.493 e. The number of pyridine rings is 1. The van der Waals surface area contributed by atoms with E-state index < -0.39 is 11.8 Å². The van der Waals surface area contributed by atoms with Crippen molar-refractivity contribution in [3.8, 4) is 17.2 Å². The van der Waals surface area contributed by atoms with E-state index in [9.17, 15) is 9.59 Å². The first-order valence-corrected chi connectivity index (χ1v) is 7.89. The number of carbonyl (C=O) groups excluding carboxylic acids is 2. The summed E-state index contributed by atoms with van der Waals surface area (Å²) in [6.45, 7) is 0.214. The fourth-order valence-electron chi connectivity index (χ4n) is 2.16. The van der Waals surface area contributed by atoms with Gasteiger partial charge in [-0.1, -0.05) is 0 Å². The van der Waals surface area contributed by atoms with Crippen LogP contribution in [0.1, 0.15) is 11.1 Å². The Morgan fingerprint density at radius 2 is 1.67 bits per heavy atom. The number of hydrazone groups is 1. The lowest BCUT2D eigenvalue weighted by Crippen LogP contribution is -2.37. The van der Waals surface area contributed by atoms with Crippen LogP contribution in [-0.2, 0) is 16.1 Å². The first-order valence-electron chi connectivity index (χ1n) is 7.89. The van der Waals surface area contributed by atoms with Crippen molar-refractivity contribution in [2.75, 3.05) is 21.3 Å². The number of hydrogen-bond donors (Lipinski definition) is 2. The molecule has 9 heteroatoms. The van der Waals surface area contributed by atoms with E-state index >= 15 is 0 Å². The summed E-state index contributed by atoms with van der Waals surface area (Å²) in [4.78, 5) is 27.4. The third-order valence-corrected chi connectivity index (χ3v) is 3.48. The fraction of sp³-hybridized carbons (Fsp3) is 0.222. The van der Waals surface area contributed by atoms with Crippen molar-refractivity contribution < 1.29 is 23.8 Å². The Hall–Kier alpha value is -3.62. The maximum atomic E-state index is 11.8. The van der Waals surface area contributed by atoms with E-state index in [0.29, 0.717) is 22.8 Å². The number of nitrogens with zero attached hydrogens (tertiary/aromatic N) is 2. The molecule has 142 valence electrons. The van der Waals surface area contributed by atoms with E-state index in [4.69, 9.17) is 14.2 Å². The van der Waals surface area contributed by atoms with Gasteiger partial charge in [0.05, 0.1) is 27.5 Å². The van der Waals surface area contributed by atoms with Gasteiger partial charge in [0.25, 0.3) is 0 Å². The van der Waals surface area contributed by atoms with Gasteiger partial charge in [0.2, 0.25) is 5.75 Å². The second-order valence-electron chi connectivity index (χ2n) is 5.20. The van der Waals surface area contributed by atoms with Crippen LogP contribution in [0.15, 0.2) is 41.8 Å². The summed E-state index contributed by atoms with van der Waals surface area (Å²) < 4.78 is 15.7. The SMILES string of the molecule is COc1cc(/C=N\NC(=O)C(=O)NCc2ccncc2)cc(OC)c1OC. The molecule has 0 fully saturated rings. The van der Waals surface area contributed by atoms with Gasteiger partial charge in [-0.2, -0.15) is 5.10 Å². The number of nitrogens with one attached hydrogen (secondary N) is 2. The highest BCUT2D eigenvalue weighted by Gasteiger charge is 2.13. The Labute approximate surface area is 156 Å². The van der Waals surface area contributed by atoms with E-state index in [1.807, 2.05) is 0 Å². The van der Waals surface area contributed by atoms with Gasteiger partial charge in [0.1, 0.15) is 0 Å². The molecule has 9 nitrogen and oxygen atoms in total. The Bertz CT molecular complexity index is 799. The molecule has 0 atom stereocenters. The molecule has 1 heterocycles. The van der Waals surface area contributed by atoms with Crippen molar-refractivity contribution >= 4 is 18.0 Å². The third-order valence-electron chi connectivity index (χ3n) is 3.48. The molecule has 0 aliphatic carbocycles. The van der Waals surface area contributed by atoms with Crippen molar-refractivity contribution in [2.45, 2.75) is 6.54 Å². The fourth-order valence-corrected chi connectivity index (χ4v) is 2.16.